The van der Waals surface area contributed by atoms with Crippen molar-refractivity contribution in [1.82, 2.24) is 4.98 Å². The van der Waals surface area contributed by atoms with Gasteiger partial charge in [0.1, 0.15) is 0 Å². The Kier molecular flexibility index (Phi) is 5.12. The van der Waals surface area contributed by atoms with Crippen molar-refractivity contribution in [3.8, 4) is 0 Å². The van der Waals surface area contributed by atoms with Gasteiger partial charge in [-0.05, 0) is 24.1 Å². The van der Waals surface area contributed by atoms with Crippen LogP contribution in [0, 0.1) is 0 Å². The molecule has 3 aromatic rings. The number of aromatic amines is 1. The molecule has 0 saturated carbocycles. The molecule has 0 aliphatic heterocycles. The molecule has 26 heavy (non-hydrogen) atoms. The first kappa shape index (κ1) is 17.4. The van der Waals surface area contributed by atoms with E-state index in [4.69, 9.17) is 4.74 Å². The number of para-hydroxylation sites is 2. The molecule has 0 aliphatic carbocycles. The van der Waals surface area contributed by atoms with Crippen molar-refractivity contribution < 1.29 is 14.3 Å². The number of aryl methyl sites for hydroxylation is 1. The summed E-state index contributed by atoms with van der Waals surface area (Å²) in [6, 6.07) is 15.5. The van der Waals surface area contributed by atoms with Crippen molar-refractivity contribution in [3.05, 3.63) is 76.1 Å². The van der Waals surface area contributed by atoms with E-state index in [-0.39, 0.29) is 5.56 Å². The van der Waals surface area contributed by atoms with E-state index in [2.05, 4.69) is 10.3 Å². The Balaban J connectivity index is 1.71. The highest BCUT2D eigenvalue weighted by Gasteiger charge is 2.15. The van der Waals surface area contributed by atoms with Gasteiger partial charge in [0.25, 0.3) is 5.91 Å². The molecule has 0 aliphatic rings. The fraction of sp³-hybridized carbons (Fsp3) is 0.150. The third kappa shape index (κ3) is 3.80. The van der Waals surface area contributed by atoms with E-state index in [9.17, 15) is 14.4 Å². The number of rotatable bonds is 5. The highest BCUT2D eigenvalue weighted by atomic mass is 16.5. The van der Waals surface area contributed by atoms with Crippen LogP contribution in [0.15, 0.2) is 59.4 Å². The summed E-state index contributed by atoms with van der Waals surface area (Å²) in [5.41, 5.74) is 1.95. The number of fused-ring (bicyclic) bond motifs is 1. The lowest BCUT2D eigenvalue weighted by Gasteiger charge is -2.10. The summed E-state index contributed by atoms with van der Waals surface area (Å²) < 4.78 is 5.09. The number of hydrogen-bond acceptors (Lipinski definition) is 4. The number of esters is 1. The normalized spacial score (nSPS) is 10.5. The second kappa shape index (κ2) is 7.65. The van der Waals surface area contributed by atoms with Gasteiger partial charge < -0.3 is 15.0 Å². The van der Waals surface area contributed by atoms with E-state index in [1.54, 1.807) is 30.3 Å². The van der Waals surface area contributed by atoms with Gasteiger partial charge in [-0.2, -0.15) is 0 Å². The summed E-state index contributed by atoms with van der Waals surface area (Å²) in [6.45, 7) is 1.56. The molecule has 0 saturated heterocycles. The van der Waals surface area contributed by atoms with Crippen molar-refractivity contribution in [3.63, 3.8) is 0 Å². The number of nitrogens with one attached hydrogen (secondary N) is 2. The number of H-pyrrole nitrogens is 1. The molecule has 0 atom stereocenters. The minimum Gasteiger partial charge on any atom is -0.452 e. The molecule has 0 radical (unpaired) electrons. The summed E-state index contributed by atoms with van der Waals surface area (Å²) in [5, 5.41) is 3.30. The van der Waals surface area contributed by atoms with Crippen LogP contribution in [0.1, 0.15) is 22.8 Å². The molecule has 1 amide bonds. The fourth-order valence-electron chi connectivity index (χ4n) is 2.72. The Hall–Kier alpha value is -3.41. The number of ether oxygens (including phenoxy) is 1. The van der Waals surface area contributed by atoms with Gasteiger partial charge in [-0.15, -0.1) is 0 Å². The summed E-state index contributed by atoms with van der Waals surface area (Å²) in [6.07, 6.45) is 0.773. The standard InChI is InChI=1S/C20H18N2O4/c1-2-13-7-3-5-9-16(13)21-19(24)12-26-20(25)15-11-18(23)22-17-10-6-4-8-14(15)17/h3-11H,2,12H2,1H3,(H,21,24)(H,22,23). The molecular formula is C20H18N2O4. The Labute approximate surface area is 149 Å². The zero-order valence-corrected chi connectivity index (χ0v) is 14.2. The molecular weight excluding hydrogens is 332 g/mol. The Morgan fingerprint density at radius 3 is 2.62 bits per heavy atom. The van der Waals surface area contributed by atoms with Crippen molar-refractivity contribution in [2.75, 3.05) is 11.9 Å². The smallest absolute Gasteiger partial charge is 0.339 e. The number of hydrogen-bond donors (Lipinski definition) is 2. The lowest BCUT2D eigenvalue weighted by molar-refractivity contribution is -0.119. The van der Waals surface area contributed by atoms with Gasteiger partial charge in [-0.1, -0.05) is 43.3 Å². The molecule has 6 nitrogen and oxygen atoms in total. The van der Waals surface area contributed by atoms with Gasteiger partial charge in [0.15, 0.2) is 6.61 Å². The van der Waals surface area contributed by atoms with Gasteiger partial charge in [0.05, 0.1) is 5.56 Å². The van der Waals surface area contributed by atoms with Gasteiger partial charge >= 0.3 is 5.97 Å². The SMILES string of the molecule is CCc1ccccc1NC(=O)COC(=O)c1cc(=O)[nH]c2ccccc12. The molecule has 6 heteroatoms. The van der Waals surface area contributed by atoms with Crippen LogP contribution < -0.4 is 10.9 Å². The van der Waals surface area contributed by atoms with Crippen LogP contribution >= 0.6 is 0 Å². The monoisotopic (exact) mass is 350 g/mol. The van der Waals surface area contributed by atoms with Crippen molar-refractivity contribution >= 4 is 28.5 Å². The minimum atomic E-state index is -0.716. The van der Waals surface area contributed by atoms with E-state index < -0.39 is 24.0 Å². The number of anilines is 1. The van der Waals surface area contributed by atoms with E-state index in [1.165, 1.54) is 6.07 Å². The molecule has 0 fully saturated rings. The largest absolute Gasteiger partial charge is 0.452 e. The third-order valence-corrected chi connectivity index (χ3v) is 3.98. The van der Waals surface area contributed by atoms with Crippen molar-refractivity contribution in [2.45, 2.75) is 13.3 Å². The van der Waals surface area contributed by atoms with E-state index in [0.717, 1.165) is 12.0 Å². The van der Waals surface area contributed by atoms with E-state index in [1.807, 2.05) is 25.1 Å². The van der Waals surface area contributed by atoms with Crippen LogP contribution in [0.5, 0.6) is 0 Å². The number of carbonyl (C=O) groups excluding carboxylic acids is 2. The lowest BCUT2D eigenvalue weighted by Crippen LogP contribution is -2.22. The molecule has 0 unspecified atom stereocenters. The van der Waals surface area contributed by atoms with Crippen LogP contribution in [0.3, 0.4) is 0 Å². The summed E-state index contributed by atoms with van der Waals surface area (Å²) >= 11 is 0. The highest BCUT2D eigenvalue weighted by Crippen LogP contribution is 2.17. The quantitative estimate of drug-likeness (QED) is 0.693. The van der Waals surface area contributed by atoms with E-state index in [0.29, 0.717) is 16.6 Å². The zero-order valence-electron chi connectivity index (χ0n) is 14.2. The first-order valence-electron chi connectivity index (χ1n) is 8.25. The van der Waals surface area contributed by atoms with Crippen molar-refractivity contribution in [1.29, 1.82) is 0 Å². The Morgan fingerprint density at radius 2 is 1.81 bits per heavy atom. The Bertz CT molecular complexity index is 1020. The first-order valence-corrected chi connectivity index (χ1v) is 8.25. The molecule has 2 aromatic carbocycles. The molecule has 0 bridgehead atoms. The number of benzene rings is 2. The summed E-state index contributed by atoms with van der Waals surface area (Å²) in [4.78, 5) is 38.8. The summed E-state index contributed by atoms with van der Waals surface area (Å²) in [5.74, 6) is -1.15. The van der Waals surface area contributed by atoms with Crippen LogP contribution in [-0.2, 0) is 16.0 Å². The van der Waals surface area contributed by atoms with Crippen LogP contribution in [0.4, 0.5) is 5.69 Å². The van der Waals surface area contributed by atoms with Crippen LogP contribution in [0.25, 0.3) is 10.9 Å². The molecule has 1 aromatic heterocycles. The number of amides is 1. The maximum atomic E-state index is 12.3. The van der Waals surface area contributed by atoms with Gasteiger partial charge in [0.2, 0.25) is 5.56 Å². The number of carbonyl (C=O) groups is 2. The maximum absolute atomic E-state index is 12.3. The second-order valence-corrected chi connectivity index (χ2v) is 5.73. The van der Waals surface area contributed by atoms with Crippen LogP contribution in [-0.4, -0.2) is 23.5 Å². The predicted molar refractivity (Wildman–Crippen MR) is 99.3 cm³/mol. The Morgan fingerprint density at radius 1 is 1.08 bits per heavy atom. The highest BCUT2D eigenvalue weighted by molar-refractivity contribution is 6.04. The third-order valence-electron chi connectivity index (χ3n) is 3.98. The summed E-state index contributed by atoms with van der Waals surface area (Å²) in [7, 11) is 0. The zero-order chi connectivity index (χ0) is 18.5. The molecule has 2 N–H and O–H groups in total. The fourth-order valence-corrected chi connectivity index (χ4v) is 2.72. The molecule has 1 heterocycles. The molecule has 3 rings (SSSR count). The lowest BCUT2D eigenvalue weighted by atomic mass is 10.1. The molecule has 0 spiro atoms. The van der Waals surface area contributed by atoms with Gasteiger partial charge in [-0.25, -0.2) is 4.79 Å². The second-order valence-electron chi connectivity index (χ2n) is 5.73. The number of pyridine rings is 1. The van der Waals surface area contributed by atoms with Crippen LogP contribution in [0.2, 0.25) is 0 Å². The topological polar surface area (TPSA) is 88.3 Å². The average Bonchev–Trinajstić information content (AvgIpc) is 2.65. The minimum absolute atomic E-state index is 0.131. The predicted octanol–water partition coefficient (Wildman–Crippen LogP) is 2.89. The number of aromatic nitrogens is 1. The van der Waals surface area contributed by atoms with Crippen molar-refractivity contribution in [2.24, 2.45) is 0 Å². The average molecular weight is 350 g/mol. The van der Waals surface area contributed by atoms with Gasteiger partial charge in [0, 0.05) is 22.7 Å². The van der Waals surface area contributed by atoms with Gasteiger partial charge in [-0.3, -0.25) is 9.59 Å². The van der Waals surface area contributed by atoms with E-state index >= 15 is 0 Å². The molecule has 132 valence electrons. The first-order chi connectivity index (χ1) is 12.6. The maximum Gasteiger partial charge on any atom is 0.339 e.